The van der Waals surface area contributed by atoms with Gasteiger partial charge < -0.3 is 11.1 Å². The first-order valence-electron chi connectivity index (χ1n) is 9.36. The van der Waals surface area contributed by atoms with Gasteiger partial charge in [-0.3, -0.25) is 4.79 Å². The van der Waals surface area contributed by atoms with Crippen LogP contribution in [0.5, 0.6) is 0 Å². The van der Waals surface area contributed by atoms with Crippen LogP contribution in [0.1, 0.15) is 53.4 Å². The molecule has 1 aromatic carbocycles. The van der Waals surface area contributed by atoms with Gasteiger partial charge in [0.25, 0.3) is 5.78 Å². The molecule has 1 aliphatic rings. The summed E-state index contributed by atoms with van der Waals surface area (Å²) in [6.07, 6.45) is 5.60. The third-order valence-corrected chi connectivity index (χ3v) is 5.41. The molecule has 2 heterocycles. The Labute approximate surface area is 170 Å². The second-order valence-electron chi connectivity index (χ2n) is 7.20. The molecule has 0 radical (unpaired) electrons. The molecule has 1 aliphatic carbocycles. The molecule has 1 atom stereocenters. The number of hydrogen-bond donors (Lipinski definition) is 2. The fraction of sp³-hybridized carbons (Fsp3) is 0.400. The van der Waals surface area contributed by atoms with E-state index in [-0.39, 0.29) is 24.4 Å². The molecular weight excluding hydrogens is 376 g/mol. The van der Waals surface area contributed by atoms with Crippen molar-refractivity contribution in [2.45, 2.75) is 52.0 Å². The molecule has 7 nitrogen and oxygen atoms in total. The predicted molar refractivity (Wildman–Crippen MR) is 111 cm³/mol. The average Bonchev–Trinajstić information content (AvgIpc) is 3.10. The molecule has 4 rings (SSSR count). The summed E-state index contributed by atoms with van der Waals surface area (Å²) < 4.78 is 1.72. The highest BCUT2D eigenvalue weighted by atomic mass is 35.5. The Balaban J connectivity index is 0.00000225. The molecule has 3 aromatic rings. The Morgan fingerprint density at radius 3 is 3.00 bits per heavy atom. The van der Waals surface area contributed by atoms with Crippen LogP contribution in [0.15, 0.2) is 24.5 Å². The van der Waals surface area contributed by atoms with E-state index < -0.39 is 0 Å². The van der Waals surface area contributed by atoms with Crippen LogP contribution in [0.4, 0.5) is 5.69 Å². The Hall–Kier alpha value is -2.67. The lowest BCUT2D eigenvalue weighted by Gasteiger charge is -2.26. The fourth-order valence-electron chi connectivity index (χ4n) is 4.01. The first kappa shape index (κ1) is 20.1. The number of hydrogen-bond acceptors (Lipinski definition) is 5. The van der Waals surface area contributed by atoms with Crippen molar-refractivity contribution in [3.05, 3.63) is 52.6 Å². The Morgan fingerprint density at radius 1 is 1.36 bits per heavy atom. The minimum Gasteiger partial charge on any atom is -0.399 e. The molecular formula is C20H25ClN6O. The maximum absolute atomic E-state index is 12.6. The first-order valence-corrected chi connectivity index (χ1v) is 9.36. The van der Waals surface area contributed by atoms with Crippen molar-refractivity contribution < 1.29 is 4.79 Å². The lowest BCUT2D eigenvalue weighted by Crippen LogP contribution is -2.31. The standard InChI is InChI=1S/C20H24N6O.ClH/c1-12-16(13(2)26-20(24-12)22-11-23-26)8-9-19(27)25-18-5-3-4-14-10-15(21)6-7-17(14)18;/h6-7,10-11,18H,3-5,8-9,21H2,1-2H3,(H,25,27);1H. The van der Waals surface area contributed by atoms with E-state index >= 15 is 0 Å². The molecule has 1 amide bonds. The number of carbonyl (C=O) groups is 1. The highest BCUT2D eigenvalue weighted by Crippen LogP contribution is 2.31. The second-order valence-corrected chi connectivity index (χ2v) is 7.20. The number of nitrogens with one attached hydrogen (secondary N) is 1. The van der Waals surface area contributed by atoms with Crippen LogP contribution < -0.4 is 11.1 Å². The van der Waals surface area contributed by atoms with E-state index in [1.54, 1.807) is 4.52 Å². The van der Waals surface area contributed by atoms with Gasteiger partial charge in [-0.1, -0.05) is 6.07 Å². The number of aromatic nitrogens is 4. The highest BCUT2D eigenvalue weighted by Gasteiger charge is 2.22. The van der Waals surface area contributed by atoms with E-state index in [4.69, 9.17) is 5.73 Å². The van der Waals surface area contributed by atoms with E-state index in [2.05, 4.69) is 20.4 Å². The number of nitrogens with two attached hydrogens (primary N) is 1. The summed E-state index contributed by atoms with van der Waals surface area (Å²) in [5, 5.41) is 7.41. The van der Waals surface area contributed by atoms with Crippen LogP contribution in [0.2, 0.25) is 0 Å². The number of amides is 1. The monoisotopic (exact) mass is 400 g/mol. The van der Waals surface area contributed by atoms with E-state index in [0.29, 0.717) is 18.6 Å². The first-order chi connectivity index (χ1) is 13.0. The number of nitrogen functional groups attached to an aromatic ring is 1. The quantitative estimate of drug-likeness (QED) is 0.656. The lowest BCUT2D eigenvalue weighted by atomic mass is 9.87. The molecule has 8 heteroatoms. The fourth-order valence-corrected chi connectivity index (χ4v) is 4.01. The highest BCUT2D eigenvalue weighted by molar-refractivity contribution is 5.85. The topological polar surface area (TPSA) is 98.2 Å². The van der Waals surface area contributed by atoms with Gasteiger partial charge in [-0.15, -0.1) is 12.4 Å². The van der Waals surface area contributed by atoms with Gasteiger partial charge in [0.2, 0.25) is 5.91 Å². The minimum absolute atomic E-state index is 0. The smallest absolute Gasteiger partial charge is 0.252 e. The molecule has 0 bridgehead atoms. The van der Waals surface area contributed by atoms with Crippen LogP contribution in [-0.4, -0.2) is 25.5 Å². The molecule has 0 spiro atoms. The molecule has 28 heavy (non-hydrogen) atoms. The molecule has 0 saturated carbocycles. The van der Waals surface area contributed by atoms with Crippen molar-refractivity contribution in [3.63, 3.8) is 0 Å². The zero-order valence-electron chi connectivity index (χ0n) is 16.1. The molecule has 1 unspecified atom stereocenters. The molecule has 148 valence electrons. The van der Waals surface area contributed by atoms with Crippen molar-refractivity contribution in [1.82, 2.24) is 24.9 Å². The van der Waals surface area contributed by atoms with Crippen molar-refractivity contribution in [2.75, 3.05) is 5.73 Å². The van der Waals surface area contributed by atoms with E-state index in [1.807, 2.05) is 32.0 Å². The summed E-state index contributed by atoms with van der Waals surface area (Å²) in [6.45, 7) is 3.95. The number of benzene rings is 1. The van der Waals surface area contributed by atoms with Crippen molar-refractivity contribution in [3.8, 4) is 0 Å². The molecule has 0 fully saturated rings. The van der Waals surface area contributed by atoms with Gasteiger partial charge in [-0.2, -0.15) is 10.1 Å². The number of anilines is 1. The minimum atomic E-state index is 0. The number of fused-ring (bicyclic) bond motifs is 2. The Kier molecular flexibility index (Phi) is 5.84. The summed E-state index contributed by atoms with van der Waals surface area (Å²) in [5.74, 6) is 0.651. The van der Waals surface area contributed by atoms with Crippen molar-refractivity contribution in [2.24, 2.45) is 0 Å². The zero-order chi connectivity index (χ0) is 19.0. The molecule has 3 N–H and O–H groups in total. The summed E-state index contributed by atoms with van der Waals surface area (Å²) in [5.41, 5.74) is 12.1. The van der Waals surface area contributed by atoms with Crippen LogP contribution >= 0.6 is 12.4 Å². The van der Waals surface area contributed by atoms with E-state index in [9.17, 15) is 4.79 Å². The largest absolute Gasteiger partial charge is 0.399 e. The van der Waals surface area contributed by atoms with Gasteiger partial charge in [-0.25, -0.2) is 9.50 Å². The summed E-state index contributed by atoms with van der Waals surface area (Å²) in [7, 11) is 0. The van der Waals surface area contributed by atoms with Gasteiger partial charge in [-0.05, 0) is 68.4 Å². The van der Waals surface area contributed by atoms with E-state index in [1.165, 1.54) is 17.5 Å². The summed E-state index contributed by atoms with van der Waals surface area (Å²) in [4.78, 5) is 21.2. The number of halogens is 1. The van der Waals surface area contributed by atoms with Gasteiger partial charge in [0, 0.05) is 23.5 Å². The normalized spacial score (nSPS) is 15.7. The Bertz CT molecular complexity index is 1020. The Morgan fingerprint density at radius 2 is 2.18 bits per heavy atom. The molecule has 0 aliphatic heterocycles. The van der Waals surface area contributed by atoms with Gasteiger partial charge >= 0.3 is 0 Å². The summed E-state index contributed by atoms with van der Waals surface area (Å²) in [6, 6.07) is 6.06. The van der Waals surface area contributed by atoms with Crippen LogP contribution in [-0.2, 0) is 17.6 Å². The molecule has 0 saturated heterocycles. The maximum Gasteiger partial charge on any atom is 0.252 e. The van der Waals surface area contributed by atoms with Gasteiger partial charge in [0.1, 0.15) is 6.33 Å². The van der Waals surface area contributed by atoms with E-state index in [0.717, 1.165) is 41.9 Å². The number of carbonyl (C=O) groups excluding carboxylic acids is 1. The van der Waals surface area contributed by atoms with Gasteiger partial charge in [0.15, 0.2) is 0 Å². The van der Waals surface area contributed by atoms with Crippen LogP contribution in [0, 0.1) is 13.8 Å². The lowest BCUT2D eigenvalue weighted by molar-refractivity contribution is -0.121. The third-order valence-electron chi connectivity index (χ3n) is 5.41. The number of nitrogens with zero attached hydrogens (tertiary/aromatic N) is 4. The van der Waals surface area contributed by atoms with Crippen LogP contribution in [0.25, 0.3) is 5.78 Å². The number of aryl methyl sites for hydroxylation is 3. The summed E-state index contributed by atoms with van der Waals surface area (Å²) >= 11 is 0. The average molecular weight is 401 g/mol. The van der Waals surface area contributed by atoms with Crippen molar-refractivity contribution >= 4 is 29.8 Å². The SMILES string of the molecule is Cc1nc2ncnn2c(C)c1CCC(=O)NC1CCCc2cc(N)ccc21.Cl. The predicted octanol–water partition coefficient (Wildman–Crippen LogP) is 2.87. The zero-order valence-corrected chi connectivity index (χ0v) is 16.9. The second kappa shape index (κ2) is 8.14. The van der Waals surface area contributed by atoms with Gasteiger partial charge in [0.05, 0.1) is 6.04 Å². The van der Waals surface area contributed by atoms with Crippen molar-refractivity contribution in [1.29, 1.82) is 0 Å². The number of rotatable bonds is 4. The maximum atomic E-state index is 12.6. The molecule has 2 aromatic heterocycles. The van der Waals surface area contributed by atoms with Crippen LogP contribution in [0.3, 0.4) is 0 Å². The third kappa shape index (κ3) is 3.80.